The monoisotopic (exact) mass is 404 g/mol. The van der Waals surface area contributed by atoms with Crippen LogP contribution in [-0.4, -0.2) is 47.6 Å². The summed E-state index contributed by atoms with van der Waals surface area (Å²) in [4.78, 5) is 26.2. The highest BCUT2D eigenvalue weighted by molar-refractivity contribution is 5.96. The highest BCUT2D eigenvalue weighted by atomic mass is 35.5. The van der Waals surface area contributed by atoms with Gasteiger partial charge in [0.2, 0.25) is 5.91 Å². The third kappa shape index (κ3) is 4.16. The first-order chi connectivity index (χ1) is 12.3. The summed E-state index contributed by atoms with van der Waals surface area (Å²) in [7, 11) is 0. The van der Waals surface area contributed by atoms with Crippen molar-refractivity contribution in [1.29, 1.82) is 0 Å². The van der Waals surface area contributed by atoms with Gasteiger partial charge in [-0.1, -0.05) is 18.6 Å². The Labute approximate surface area is 162 Å². The summed E-state index contributed by atoms with van der Waals surface area (Å²) in [6.45, 7) is -0.408. The molecule has 1 aromatic carbocycles. The molecule has 6 nitrogen and oxygen atoms in total. The summed E-state index contributed by atoms with van der Waals surface area (Å²) in [5.41, 5.74) is -0.609. The summed E-state index contributed by atoms with van der Waals surface area (Å²) >= 11 is 0. The number of rotatable bonds is 6. The lowest BCUT2D eigenvalue weighted by molar-refractivity contribution is -0.149. The highest BCUT2D eigenvalue weighted by Crippen LogP contribution is 2.49. The summed E-state index contributed by atoms with van der Waals surface area (Å²) in [5, 5.41) is 12.3. The fraction of sp³-hybridized carbons (Fsp3) is 0.556. The zero-order valence-corrected chi connectivity index (χ0v) is 15.7. The number of anilines is 1. The lowest BCUT2D eigenvalue weighted by Gasteiger charge is -2.26. The van der Waals surface area contributed by atoms with Gasteiger partial charge in [0, 0.05) is 13.1 Å². The van der Waals surface area contributed by atoms with E-state index in [4.69, 9.17) is 0 Å². The van der Waals surface area contributed by atoms with Gasteiger partial charge in [-0.25, -0.2) is 0 Å². The molecule has 0 aromatic heterocycles. The number of hydrogen-bond acceptors (Lipinski definition) is 4. The minimum Gasteiger partial charge on any atom is -0.481 e. The van der Waals surface area contributed by atoms with Gasteiger partial charge in [0.05, 0.1) is 17.1 Å². The summed E-state index contributed by atoms with van der Waals surface area (Å²) in [5.74, 6) is -1.24. The van der Waals surface area contributed by atoms with E-state index in [1.165, 1.54) is 18.2 Å². The molecule has 1 saturated heterocycles. The number of halogens is 3. The van der Waals surface area contributed by atoms with Crippen LogP contribution in [0.2, 0.25) is 0 Å². The molecule has 1 aromatic rings. The van der Waals surface area contributed by atoms with Crippen molar-refractivity contribution >= 4 is 30.0 Å². The lowest BCUT2D eigenvalue weighted by atomic mass is 9.81. The van der Waals surface area contributed by atoms with Crippen LogP contribution in [0.1, 0.15) is 26.2 Å². The zero-order valence-electron chi connectivity index (χ0n) is 14.9. The van der Waals surface area contributed by atoms with Gasteiger partial charge in [-0.2, -0.15) is 8.78 Å². The number of nitrogens with one attached hydrogen (secondary N) is 1. The van der Waals surface area contributed by atoms with E-state index in [9.17, 15) is 23.5 Å². The van der Waals surface area contributed by atoms with Gasteiger partial charge in [0.15, 0.2) is 0 Å². The second kappa shape index (κ2) is 8.39. The van der Waals surface area contributed by atoms with Crippen molar-refractivity contribution in [3.05, 3.63) is 24.3 Å². The second-order valence-corrected chi connectivity index (χ2v) is 7.02. The molecule has 3 rings (SSSR count). The van der Waals surface area contributed by atoms with Crippen LogP contribution in [0.5, 0.6) is 5.75 Å². The third-order valence-electron chi connectivity index (χ3n) is 5.61. The van der Waals surface area contributed by atoms with E-state index < -0.39 is 24.0 Å². The standard InChI is InChI=1S/C18H22F2N2O4.ClH/c1-11(22-9-12-5-4-8-18(12,10-22)16(24)25)15(23)21-13-6-2-3-7-14(13)26-17(19)20;/h2-3,6-7,11-12,17H,4-5,8-10H2,1H3,(H,21,23)(H,24,25);1H/t11?,12-,18+;/m0./s1. The molecular formula is C18H23ClF2N2O4. The second-order valence-electron chi connectivity index (χ2n) is 7.02. The topological polar surface area (TPSA) is 78.9 Å². The Morgan fingerprint density at radius 2 is 2.07 bits per heavy atom. The number of likely N-dealkylation sites (tertiary alicyclic amines) is 1. The van der Waals surface area contributed by atoms with Crippen molar-refractivity contribution in [3.63, 3.8) is 0 Å². The Hall–Kier alpha value is -1.93. The Balaban J connectivity index is 0.00000261. The van der Waals surface area contributed by atoms with Crippen molar-refractivity contribution in [2.75, 3.05) is 18.4 Å². The SMILES string of the molecule is CC(C(=O)Nc1ccccc1OC(F)F)N1C[C@@H]2CCC[C@@]2(C(=O)O)C1.Cl. The van der Waals surface area contributed by atoms with Crippen molar-refractivity contribution in [2.24, 2.45) is 11.3 Å². The molecule has 1 aliphatic carbocycles. The van der Waals surface area contributed by atoms with Crippen molar-refractivity contribution in [1.82, 2.24) is 4.90 Å². The molecule has 2 fully saturated rings. The zero-order chi connectivity index (χ0) is 18.9. The maximum absolute atomic E-state index is 12.6. The smallest absolute Gasteiger partial charge is 0.387 e. The molecular weight excluding hydrogens is 382 g/mol. The van der Waals surface area contributed by atoms with Crippen LogP contribution in [0.3, 0.4) is 0 Å². The maximum atomic E-state index is 12.6. The third-order valence-corrected chi connectivity index (χ3v) is 5.61. The van der Waals surface area contributed by atoms with E-state index >= 15 is 0 Å². The minimum absolute atomic E-state index is 0. The molecule has 2 aliphatic rings. The first-order valence-corrected chi connectivity index (χ1v) is 8.65. The number of carboxylic acid groups (broad SMARTS) is 1. The summed E-state index contributed by atoms with van der Waals surface area (Å²) < 4.78 is 29.4. The van der Waals surface area contributed by atoms with Gasteiger partial charge < -0.3 is 15.2 Å². The molecule has 1 unspecified atom stereocenters. The number of benzene rings is 1. The minimum atomic E-state index is -2.99. The van der Waals surface area contributed by atoms with Crippen LogP contribution in [0.25, 0.3) is 0 Å². The fourth-order valence-electron chi connectivity index (χ4n) is 4.14. The summed E-state index contributed by atoms with van der Waals surface area (Å²) in [6, 6.07) is 5.41. The maximum Gasteiger partial charge on any atom is 0.387 e. The molecule has 0 radical (unpaired) electrons. The lowest BCUT2D eigenvalue weighted by Crippen LogP contribution is -2.43. The van der Waals surface area contributed by atoms with E-state index in [0.717, 1.165) is 12.8 Å². The fourth-order valence-corrected chi connectivity index (χ4v) is 4.14. The molecule has 1 amide bonds. The number of para-hydroxylation sites is 2. The largest absolute Gasteiger partial charge is 0.481 e. The molecule has 0 bridgehead atoms. The molecule has 3 atom stereocenters. The number of fused-ring (bicyclic) bond motifs is 1. The predicted molar refractivity (Wildman–Crippen MR) is 97.4 cm³/mol. The van der Waals surface area contributed by atoms with E-state index in [0.29, 0.717) is 19.5 Å². The van der Waals surface area contributed by atoms with Gasteiger partial charge >= 0.3 is 12.6 Å². The molecule has 0 spiro atoms. The molecule has 9 heteroatoms. The van der Waals surface area contributed by atoms with E-state index in [1.54, 1.807) is 13.0 Å². The Bertz CT molecular complexity index is 706. The van der Waals surface area contributed by atoms with Crippen molar-refractivity contribution < 1.29 is 28.2 Å². The number of carbonyl (C=O) groups is 2. The molecule has 1 aliphatic heterocycles. The average molecular weight is 405 g/mol. The van der Waals surface area contributed by atoms with Crippen LogP contribution in [0, 0.1) is 11.3 Å². The first kappa shape index (κ1) is 21.4. The summed E-state index contributed by atoms with van der Waals surface area (Å²) in [6.07, 6.45) is 2.37. The average Bonchev–Trinajstić information content (AvgIpc) is 3.13. The number of nitrogens with zero attached hydrogens (tertiary/aromatic N) is 1. The van der Waals surface area contributed by atoms with E-state index in [-0.39, 0.29) is 35.7 Å². The molecule has 27 heavy (non-hydrogen) atoms. The number of carboxylic acids is 1. The van der Waals surface area contributed by atoms with Crippen LogP contribution < -0.4 is 10.1 Å². The number of aliphatic carboxylic acids is 1. The van der Waals surface area contributed by atoms with Crippen LogP contribution in [0.4, 0.5) is 14.5 Å². The van der Waals surface area contributed by atoms with Crippen LogP contribution in [0.15, 0.2) is 24.3 Å². The van der Waals surface area contributed by atoms with Crippen LogP contribution >= 0.6 is 12.4 Å². The van der Waals surface area contributed by atoms with Gasteiger partial charge in [0.25, 0.3) is 0 Å². The molecule has 150 valence electrons. The van der Waals surface area contributed by atoms with Gasteiger partial charge in [-0.3, -0.25) is 14.5 Å². The quantitative estimate of drug-likeness (QED) is 0.761. The molecule has 1 heterocycles. The van der Waals surface area contributed by atoms with Gasteiger partial charge in [-0.05, 0) is 37.8 Å². The molecule has 2 N–H and O–H groups in total. The number of hydrogen-bond donors (Lipinski definition) is 2. The van der Waals surface area contributed by atoms with Crippen LogP contribution in [-0.2, 0) is 9.59 Å². The van der Waals surface area contributed by atoms with E-state index in [2.05, 4.69) is 10.1 Å². The number of alkyl halides is 2. The van der Waals surface area contributed by atoms with Crippen molar-refractivity contribution in [3.8, 4) is 5.75 Å². The number of ether oxygens (including phenoxy) is 1. The number of amides is 1. The Kier molecular flexibility index (Phi) is 6.64. The molecule has 1 saturated carbocycles. The first-order valence-electron chi connectivity index (χ1n) is 8.65. The highest BCUT2D eigenvalue weighted by Gasteiger charge is 2.55. The predicted octanol–water partition coefficient (Wildman–Crippen LogP) is 3.22. The van der Waals surface area contributed by atoms with E-state index in [1.807, 2.05) is 4.90 Å². The Morgan fingerprint density at radius 3 is 2.70 bits per heavy atom. The van der Waals surface area contributed by atoms with Crippen molar-refractivity contribution in [2.45, 2.75) is 38.8 Å². The normalized spacial score (nSPS) is 25.6. The Morgan fingerprint density at radius 1 is 1.37 bits per heavy atom. The number of carbonyl (C=O) groups excluding carboxylic acids is 1. The van der Waals surface area contributed by atoms with Gasteiger partial charge in [0.1, 0.15) is 5.75 Å². The van der Waals surface area contributed by atoms with Gasteiger partial charge in [-0.15, -0.1) is 12.4 Å².